The topological polar surface area (TPSA) is 84.3 Å². The molecule has 0 aliphatic heterocycles. The molecular weight excluding hydrogens is 568 g/mol. The number of hydrogen-bond acceptors (Lipinski definition) is 4. The van der Waals surface area contributed by atoms with E-state index in [9.17, 15) is 13.2 Å². The Hall–Kier alpha value is -3.46. The largest absolute Gasteiger partial charge is 0.337 e. The van der Waals surface area contributed by atoms with E-state index in [0.717, 1.165) is 35.5 Å². The number of nitrogens with one attached hydrogen (secondary N) is 1. The van der Waals surface area contributed by atoms with Crippen LogP contribution in [0.5, 0.6) is 0 Å². The van der Waals surface area contributed by atoms with Crippen LogP contribution in [-0.2, 0) is 33.8 Å². The van der Waals surface area contributed by atoms with Crippen molar-refractivity contribution in [2.45, 2.75) is 61.9 Å². The molecule has 1 N–H and O–H groups in total. The highest BCUT2D eigenvalue weighted by Gasteiger charge is 2.46. The molecule has 1 fully saturated rings. The van der Waals surface area contributed by atoms with Crippen LogP contribution in [0, 0.1) is 17.5 Å². The second-order valence-corrected chi connectivity index (χ2v) is 14.3. The second-order valence-electron chi connectivity index (χ2n) is 12.1. The maximum absolute atomic E-state index is 14.1. The second kappa shape index (κ2) is 11.0. The number of aryl methyl sites for hydroxylation is 1. The third-order valence-corrected chi connectivity index (χ3v) is 10.5. The minimum atomic E-state index is -3.81. The zero-order valence-corrected chi connectivity index (χ0v) is 25.7. The number of sulfonamides is 1. The van der Waals surface area contributed by atoms with Gasteiger partial charge in [-0.2, -0.15) is 0 Å². The van der Waals surface area contributed by atoms with Gasteiger partial charge in [0.2, 0.25) is 21.0 Å². The van der Waals surface area contributed by atoms with E-state index >= 15 is 0 Å². The molecule has 218 valence electrons. The molecule has 1 amide bonds. The number of nitrogens with zero attached hydrogens (tertiary/aromatic N) is 3. The zero-order chi connectivity index (χ0) is 29.6. The molecule has 1 unspecified atom stereocenters. The lowest BCUT2D eigenvalue weighted by atomic mass is 9.71. The highest BCUT2D eigenvalue weighted by atomic mass is 35.5. The molecule has 1 saturated carbocycles. The smallest absolute Gasteiger partial charge is 0.241 e. The van der Waals surface area contributed by atoms with Gasteiger partial charge in [-0.25, -0.2) is 18.1 Å². The van der Waals surface area contributed by atoms with Crippen molar-refractivity contribution < 1.29 is 24.8 Å². The van der Waals surface area contributed by atoms with Gasteiger partial charge in [0.05, 0.1) is 11.4 Å². The SMILES string of the molecule is Cn1ccnc1CN(C(=O)C1C[C@@H]1c1ccccc1)c1ccc2c(c1)[C@@H](NS(=O)(=O)c1cccc([ClH+])c1)CCC2(C)C. The van der Waals surface area contributed by atoms with Crippen LogP contribution in [0.3, 0.4) is 0 Å². The number of halogens is 1. The molecular formula is C33H36ClN4O3S+. The maximum Gasteiger partial charge on any atom is 0.241 e. The summed E-state index contributed by atoms with van der Waals surface area (Å²) in [7, 11) is -1.89. The van der Waals surface area contributed by atoms with Crippen molar-refractivity contribution in [2.75, 3.05) is 4.90 Å². The van der Waals surface area contributed by atoms with Crippen molar-refractivity contribution in [1.82, 2.24) is 14.3 Å². The molecule has 1 aromatic heterocycles. The molecule has 2 aliphatic rings. The molecule has 0 saturated heterocycles. The molecule has 9 heteroatoms. The van der Waals surface area contributed by atoms with Gasteiger partial charge in [0.25, 0.3) is 0 Å². The number of carbonyl (C=O) groups is 1. The zero-order valence-electron chi connectivity index (χ0n) is 24.0. The Morgan fingerprint density at radius 3 is 2.60 bits per heavy atom. The average Bonchev–Trinajstić information content (AvgIpc) is 3.68. The molecule has 0 radical (unpaired) electrons. The van der Waals surface area contributed by atoms with E-state index < -0.39 is 16.1 Å². The summed E-state index contributed by atoms with van der Waals surface area (Å²) in [5.74, 6) is 0.916. The number of imidazole rings is 1. The summed E-state index contributed by atoms with van der Waals surface area (Å²) < 4.78 is 31.7. The van der Waals surface area contributed by atoms with E-state index in [1.165, 1.54) is 11.6 Å². The molecule has 2 aliphatic carbocycles. The average molecular weight is 604 g/mol. The van der Waals surface area contributed by atoms with Gasteiger partial charge in [0, 0.05) is 49.2 Å². The van der Waals surface area contributed by atoms with Crippen molar-refractivity contribution >= 4 is 21.6 Å². The Balaban J connectivity index is 1.36. The normalized spacial score (nSPS) is 21.0. The molecule has 7 nitrogen and oxygen atoms in total. The fourth-order valence-electron chi connectivity index (χ4n) is 6.16. The van der Waals surface area contributed by atoms with E-state index in [0.29, 0.717) is 18.0 Å². The van der Waals surface area contributed by atoms with Crippen LogP contribution < -0.4 is 9.62 Å². The summed E-state index contributed by atoms with van der Waals surface area (Å²) in [5.41, 5.74) is 3.77. The number of anilines is 1. The number of hydrogen-bond donors (Lipinski definition) is 1. The van der Waals surface area contributed by atoms with Gasteiger partial charge in [-0.05, 0) is 65.5 Å². The van der Waals surface area contributed by atoms with E-state index in [-0.39, 0.29) is 28.1 Å². The number of fused-ring (bicyclic) bond motifs is 1. The fraction of sp³-hybridized carbons (Fsp3) is 0.333. The first-order valence-electron chi connectivity index (χ1n) is 14.3. The van der Waals surface area contributed by atoms with Gasteiger partial charge in [0.1, 0.15) is 5.82 Å². The predicted octanol–water partition coefficient (Wildman–Crippen LogP) is 5.54. The lowest BCUT2D eigenvalue weighted by Crippen LogP contribution is -2.37. The van der Waals surface area contributed by atoms with Gasteiger partial charge in [-0.1, -0.05) is 56.3 Å². The predicted molar refractivity (Wildman–Crippen MR) is 160 cm³/mol. The lowest BCUT2D eigenvalue weighted by molar-refractivity contribution is -0.289. The first-order chi connectivity index (χ1) is 20.0. The molecule has 1 heterocycles. The standard InChI is InChI=1S/C33H36ClN4O3S/c1-33(2)15-14-30(36-42(40,41)25-11-7-10-23(34)18-25)28-19-24(12-13-29(28)33)38(21-31-35-16-17-37(31)3)32(39)27-20-26(27)22-8-5-4-6-9-22/h4-13,16-19,26-27,30,34,36H,14-15,20-21H2,1-3H3/q+1/t26-,27?,30+/m1/s1. The monoisotopic (exact) mass is 603 g/mol. The van der Waals surface area contributed by atoms with Crippen LogP contribution in [0.2, 0.25) is 5.02 Å². The highest BCUT2D eigenvalue weighted by molar-refractivity contribution is 7.89. The fourth-order valence-corrected chi connectivity index (χ4v) is 7.74. The first-order valence-corrected chi connectivity index (χ1v) is 16.2. The van der Waals surface area contributed by atoms with Crippen LogP contribution in [0.15, 0.2) is 90.1 Å². The van der Waals surface area contributed by atoms with E-state index in [1.54, 1.807) is 24.4 Å². The van der Waals surface area contributed by atoms with Crippen LogP contribution in [-0.4, -0.2) is 23.9 Å². The van der Waals surface area contributed by atoms with Gasteiger partial charge in [-0.15, -0.1) is 0 Å². The van der Waals surface area contributed by atoms with E-state index in [4.69, 9.17) is 11.6 Å². The Labute approximate surface area is 252 Å². The van der Waals surface area contributed by atoms with Crippen molar-refractivity contribution in [3.05, 3.63) is 113 Å². The summed E-state index contributed by atoms with van der Waals surface area (Å²) in [6.07, 6.45) is 5.88. The quantitative estimate of drug-likeness (QED) is 0.286. The third kappa shape index (κ3) is 5.63. The van der Waals surface area contributed by atoms with Crippen LogP contribution >= 0.6 is 0 Å². The summed E-state index contributed by atoms with van der Waals surface area (Å²) in [6.45, 7) is 4.69. The first kappa shape index (κ1) is 28.6. The molecule has 0 spiro atoms. The highest BCUT2D eigenvalue weighted by Crippen LogP contribution is 2.49. The molecule has 3 aromatic carbocycles. The molecule has 0 bridgehead atoms. The van der Waals surface area contributed by atoms with Gasteiger partial charge < -0.3 is 9.47 Å². The van der Waals surface area contributed by atoms with Crippen molar-refractivity contribution in [3.63, 3.8) is 0 Å². The molecule has 6 rings (SSSR count). The lowest BCUT2D eigenvalue weighted by Gasteiger charge is -2.38. The van der Waals surface area contributed by atoms with Crippen LogP contribution in [0.4, 0.5) is 5.69 Å². The van der Waals surface area contributed by atoms with Crippen molar-refractivity contribution in [2.24, 2.45) is 13.0 Å². The summed E-state index contributed by atoms with van der Waals surface area (Å²) in [5, 5.41) is 0.475. The number of benzene rings is 3. The third-order valence-electron chi connectivity index (χ3n) is 8.74. The van der Waals surface area contributed by atoms with E-state index in [2.05, 4.69) is 41.8 Å². The Bertz CT molecular complexity index is 1730. The summed E-state index contributed by atoms with van der Waals surface area (Å²) >= 11 is 5.22. The summed E-state index contributed by atoms with van der Waals surface area (Å²) in [6, 6.07) is 22.3. The van der Waals surface area contributed by atoms with E-state index in [1.807, 2.05) is 53.0 Å². The van der Waals surface area contributed by atoms with Gasteiger partial charge in [0.15, 0.2) is 11.6 Å². The van der Waals surface area contributed by atoms with Crippen LogP contribution in [0.1, 0.15) is 67.6 Å². The van der Waals surface area contributed by atoms with Gasteiger partial charge in [-0.3, -0.25) is 4.79 Å². The van der Waals surface area contributed by atoms with Gasteiger partial charge >= 0.3 is 0 Å². The van der Waals surface area contributed by atoms with Crippen molar-refractivity contribution in [1.29, 1.82) is 0 Å². The number of amides is 1. The Morgan fingerprint density at radius 2 is 1.88 bits per heavy atom. The Kier molecular flexibility index (Phi) is 7.50. The number of carbonyl (C=O) groups excluding carboxylic acids is 1. The molecule has 4 aromatic rings. The van der Waals surface area contributed by atoms with Crippen molar-refractivity contribution in [3.8, 4) is 0 Å². The maximum atomic E-state index is 14.1. The number of rotatable bonds is 8. The number of aromatic nitrogens is 2. The molecule has 3 atom stereocenters. The molecule has 42 heavy (non-hydrogen) atoms. The Morgan fingerprint density at radius 1 is 1.10 bits per heavy atom. The minimum Gasteiger partial charge on any atom is -0.337 e. The van der Waals surface area contributed by atoms with Crippen LogP contribution in [0.25, 0.3) is 0 Å². The summed E-state index contributed by atoms with van der Waals surface area (Å²) in [4.78, 5) is 20.6. The minimum absolute atomic E-state index is 0.0567.